The Kier molecular flexibility index (Phi) is 6.84. The van der Waals surface area contributed by atoms with E-state index in [-0.39, 0.29) is 16.9 Å². The average Bonchev–Trinajstić information content (AvgIpc) is 2.67. The number of hydrogen-bond acceptors (Lipinski definition) is 5. The van der Waals surface area contributed by atoms with Gasteiger partial charge in [-0.3, -0.25) is 9.69 Å². The quantitative estimate of drug-likeness (QED) is 0.679. The van der Waals surface area contributed by atoms with E-state index in [2.05, 4.69) is 26.1 Å². The van der Waals surface area contributed by atoms with Crippen molar-refractivity contribution in [2.45, 2.75) is 17.4 Å². The van der Waals surface area contributed by atoms with E-state index in [1.54, 1.807) is 12.1 Å². The van der Waals surface area contributed by atoms with Gasteiger partial charge in [0.15, 0.2) is 0 Å². The zero-order chi connectivity index (χ0) is 20.1. The number of carbonyl (C=O) groups is 1. The van der Waals surface area contributed by atoms with Gasteiger partial charge in [-0.2, -0.15) is 0 Å². The third kappa shape index (κ3) is 5.86. The Bertz CT molecular complexity index is 934. The van der Waals surface area contributed by atoms with E-state index >= 15 is 0 Å². The SMILES string of the molecule is NS(=O)(=O)c1cccc(NC(=O)CCN2CCOC(c3ccc(Br)cc3)C2)c1. The molecule has 7 nitrogen and oxygen atoms in total. The van der Waals surface area contributed by atoms with E-state index in [0.29, 0.717) is 25.3 Å². The molecule has 0 aliphatic carbocycles. The second kappa shape index (κ2) is 9.15. The first-order valence-electron chi connectivity index (χ1n) is 8.83. The number of anilines is 1. The highest BCUT2D eigenvalue weighted by molar-refractivity contribution is 9.10. The molecule has 1 fully saturated rings. The number of hydrogen-bond donors (Lipinski definition) is 2. The molecular formula is C19H22BrN3O4S. The van der Waals surface area contributed by atoms with Crippen LogP contribution in [0.3, 0.4) is 0 Å². The van der Waals surface area contributed by atoms with Gasteiger partial charge in [-0.15, -0.1) is 0 Å². The van der Waals surface area contributed by atoms with Gasteiger partial charge in [0, 0.05) is 36.2 Å². The predicted octanol–water partition coefficient (Wildman–Crippen LogP) is 2.50. The summed E-state index contributed by atoms with van der Waals surface area (Å²) in [6.07, 6.45) is 0.281. The van der Waals surface area contributed by atoms with Crippen molar-refractivity contribution in [3.8, 4) is 0 Å². The highest BCUT2D eigenvalue weighted by Gasteiger charge is 2.22. The van der Waals surface area contributed by atoms with Crippen LogP contribution in [0.2, 0.25) is 0 Å². The maximum Gasteiger partial charge on any atom is 0.238 e. The van der Waals surface area contributed by atoms with Crippen molar-refractivity contribution in [3.05, 3.63) is 58.6 Å². The number of primary sulfonamides is 1. The van der Waals surface area contributed by atoms with Gasteiger partial charge in [0.1, 0.15) is 0 Å². The van der Waals surface area contributed by atoms with E-state index in [0.717, 1.165) is 23.1 Å². The maximum atomic E-state index is 12.3. The molecule has 0 bridgehead atoms. The molecule has 2 aromatic rings. The van der Waals surface area contributed by atoms with Gasteiger partial charge in [-0.05, 0) is 35.9 Å². The van der Waals surface area contributed by atoms with Crippen LogP contribution < -0.4 is 10.5 Å². The minimum Gasteiger partial charge on any atom is -0.371 e. The lowest BCUT2D eigenvalue weighted by Gasteiger charge is -2.33. The highest BCUT2D eigenvalue weighted by Crippen LogP contribution is 2.24. The lowest BCUT2D eigenvalue weighted by Crippen LogP contribution is -2.39. The molecule has 3 N–H and O–H groups in total. The van der Waals surface area contributed by atoms with Crippen molar-refractivity contribution in [2.75, 3.05) is 31.6 Å². The van der Waals surface area contributed by atoms with Crippen LogP contribution in [0.4, 0.5) is 5.69 Å². The van der Waals surface area contributed by atoms with Crippen LogP contribution in [-0.4, -0.2) is 45.5 Å². The summed E-state index contributed by atoms with van der Waals surface area (Å²) < 4.78 is 29.7. The molecule has 0 radical (unpaired) electrons. The minimum absolute atomic E-state index is 0.0173. The summed E-state index contributed by atoms with van der Waals surface area (Å²) in [4.78, 5) is 14.4. The highest BCUT2D eigenvalue weighted by atomic mass is 79.9. The number of benzene rings is 2. The van der Waals surface area contributed by atoms with E-state index < -0.39 is 10.0 Å². The molecule has 0 aromatic heterocycles. The Hall–Kier alpha value is -1.78. The van der Waals surface area contributed by atoms with Crippen LogP contribution in [0.5, 0.6) is 0 Å². The number of carbonyl (C=O) groups excluding carboxylic acids is 1. The first-order valence-corrected chi connectivity index (χ1v) is 11.2. The lowest BCUT2D eigenvalue weighted by molar-refractivity contribution is -0.117. The van der Waals surface area contributed by atoms with Crippen LogP contribution >= 0.6 is 15.9 Å². The topological polar surface area (TPSA) is 102 Å². The lowest BCUT2D eigenvalue weighted by atomic mass is 10.1. The second-order valence-electron chi connectivity index (χ2n) is 6.58. The molecule has 0 saturated carbocycles. The number of sulfonamides is 1. The summed E-state index contributed by atoms with van der Waals surface area (Å²) in [7, 11) is -3.80. The Morgan fingerprint density at radius 2 is 2.00 bits per heavy atom. The van der Waals surface area contributed by atoms with Gasteiger partial charge in [-0.1, -0.05) is 34.1 Å². The molecule has 150 valence electrons. The summed E-state index contributed by atoms with van der Waals surface area (Å²) in [5, 5.41) is 7.84. The maximum absolute atomic E-state index is 12.3. The van der Waals surface area contributed by atoms with Crippen molar-refractivity contribution >= 4 is 37.5 Å². The molecule has 28 heavy (non-hydrogen) atoms. The summed E-state index contributed by atoms with van der Waals surface area (Å²) >= 11 is 3.43. The zero-order valence-electron chi connectivity index (χ0n) is 15.2. The van der Waals surface area contributed by atoms with Crippen LogP contribution in [0, 0.1) is 0 Å². The molecule has 1 aliphatic rings. The summed E-state index contributed by atoms with van der Waals surface area (Å²) in [6, 6.07) is 14.0. The molecule has 1 amide bonds. The monoisotopic (exact) mass is 467 g/mol. The fraction of sp³-hybridized carbons (Fsp3) is 0.316. The number of nitrogens with zero attached hydrogens (tertiary/aromatic N) is 1. The van der Waals surface area contributed by atoms with Gasteiger partial charge in [0.05, 0.1) is 17.6 Å². The van der Waals surface area contributed by atoms with Gasteiger partial charge in [-0.25, -0.2) is 13.6 Å². The predicted molar refractivity (Wildman–Crippen MR) is 110 cm³/mol. The van der Waals surface area contributed by atoms with Gasteiger partial charge in [0.25, 0.3) is 0 Å². The minimum atomic E-state index is -3.80. The smallest absolute Gasteiger partial charge is 0.238 e. The number of morpholine rings is 1. The number of amides is 1. The normalized spacial score (nSPS) is 18.0. The van der Waals surface area contributed by atoms with E-state index in [9.17, 15) is 13.2 Å². The van der Waals surface area contributed by atoms with Gasteiger partial charge < -0.3 is 10.1 Å². The molecule has 1 saturated heterocycles. The first kappa shape index (κ1) is 20.9. The molecule has 2 aromatic carbocycles. The third-order valence-electron chi connectivity index (χ3n) is 4.49. The van der Waals surface area contributed by atoms with Crippen molar-refractivity contribution < 1.29 is 17.9 Å². The Labute approximate surface area is 173 Å². The molecule has 3 rings (SSSR count). The van der Waals surface area contributed by atoms with Gasteiger partial charge >= 0.3 is 0 Å². The third-order valence-corrected chi connectivity index (χ3v) is 5.93. The van der Waals surface area contributed by atoms with Crippen LogP contribution in [-0.2, 0) is 19.6 Å². The standard InChI is InChI=1S/C19H22BrN3O4S/c20-15-6-4-14(5-7-15)18-13-23(10-11-27-18)9-8-19(24)22-16-2-1-3-17(12-16)28(21,25)26/h1-7,12,18H,8-11,13H2,(H,22,24)(H2,21,25,26). The molecule has 1 atom stereocenters. The number of ether oxygens (including phenoxy) is 1. The van der Waals surface area contributed by atoms with Crippen LogP contribution in [0.25, 0.3) is 0 Å². The van der Waals surface area contributed by atoms with Crippen LogP contribution in [0.15, 0.2) is 57.9 Å². The Morgan fingerprint density at radius 3 is 2.71 bits per heavy atom. The van der Waals surface area contributed by atoms with Gasteiger partial charge in [0.2, 0.25) is 15.9 Å². The molecule has 0 spiro atoms. The fourth-order valence-electron chi connectivity index (χ4n) is 3.02. The van der Waals surface area contributed by atoms with E-state index in [1.165, 1.54) is 12.1 Å². The largest absolute Gasteiger partial charge is 0.371 e. The zero-order valence-corrected chi connectivity index (χ0v) is 17.6. The summed E-state index contributed by atoms with van der Waals surface area (Å²) in [5.41, 5.74) is 1.52. The molecule has 9 heteroatoms. The van der Waals surface area contributed by atoms with E-state index in [4.69, 9.17) is 9.88 Å². The van der Waals surface area contributed by atoms with Crippen molar-refractivity contribution in [3.63, 3.8) is 0 Å². The van der Waals surface area contributed by atoms with Crippen molar-refractivity contribution in [1.82, 2.24) is 4.90 Å². The number of nitrogens with one attached hydrogen (secondary N) is 1. The van der Waals surface area contributed by atoms with Crippen molar-refractivity contribution in [2.24, 2.45) is 5.14 Å². The average molecular weight is 468 g/mol. The molecule has 1 aliphatic heterocycles. The van der Waals surface area contributed by atoms with Crippen LogP contribution in [0.1, 0.15) is 18.1 Å². The molecular weight excluding hydrogens is 446 g/mol. The number of halogens is 1. The second-order valence-corrected chi connectivity index (χ2v) is 9.06. The first-order chi connectivity index (χ1) is 13.3. The summed E-state index contributed by atoms with van der Waals surface area (Å²) in [5.74, 6) is -0.182. The molecule has 1 heterocycles. The fourth-order valence-corrected chi connectivity index (χ4v) is 3.84. The Morgan fingerprint density at radius 1 is 1.25 bits per heavy atom. The van der Waals surface area contributed by atoms with Crippen molar-refractivity contribution in [1.29, 1.82) is 0 Å². The number of rotatable bonds is 6. The van der Waals surface area contributed by atoms with E-state index in [1.807, 2.05) is 24.3 Å². The summed E-state index contributed by atoms with van der Waals surface area (Å²) in [6.45, 7) is 2.69. The molecule has 1 unspecified atom stereocenters. The number of nitrogens with two attached hydrogens (primary N) is 1. The Balaban J connectivity index is 1.52.